The Bertz CT molecular complexity index is 1740. The molecule has 0 bridgehead atoms. The number of halogens is 3. The van der Waals surface area contributed by atoms with Gasteiger partial charge in [0.1, 0.15) is 12.1 Å². The molecular weight excluding hydrogens is 524 g/mol. The standard InChI is InChI=1S/C25H16ClF2N5O3S/c1-36-20-10-18(14-5-3-2-4-6-14)22(26)23(28)21(20)24-17-8-7-16(9-19(17)31-13-32-24)37(34,35)33-25-29-11-15(27)12-30-25/h2-13H,1H3,(H,29,30,33). The van der Waals surface area contributed by atoms with Gasteiger partial charge in [0.25, 0.3) is 10.0 Å². The molecule has 2 aromatic heterocycles. The molecule has 3 aromatic carbocycles. The fourth-order valence-corrected chi connectivity index (χ4v) is 5.00. The Morgan fingerprint density at radius 1 is 0.946 bits per heavy atom. The van der Waals surface area contributed by atoms with Crippen molar-refractivity contribution in [3.63, 3.8) is 0 Å². The van der Waals surface area contributed by atoms with Gasteiger partial charge in [-0.3, -0.25) is 0 Å². The molecule has 186 valence electrons. The highest BCUT2D eigenvalue weighted by Crippen LogP contribution is 2.43. The number of anilines is 1. The van der Waals surface area contributed by atoms with Gasteiger partial charge in [-0.25, -0.2) is 41.9 Å². The van der Waals surface area contributed by atoms with E-state index in [0.717, 1.165) is 12.4 Å². The molecule has 12 heteroatoms. The molecule has 0 saturated carbocycles. The topological polar surface area (TPSA) is 107 Å². The van der Waals surface area contributed by atoms with Crippen LogP contribution in [0.2, 0.25) is 5.02 Å². The highest BCUT2D eigenvalue weighted by molar-refractivity contribution is 7.92. The molecule has 0 radical (unpaired) electrons. The Balaban J connectivity index is 1.61. The monoisotopic (exact) mass is 539 g/mol. The van der Waals surface area contributed by atoms with Gasteiger partial charge in [-0.15, -0.1) is 0 Å². The first-order valence-corrected chi connectivity index (χ1v) is 12.5. The van der Waals surface area contributed by atoms with Crippen LogP contribution in [0.4, 0.5) is 14.7 Å². The molecule has 5 rings (SSSR count). The molecule has 0 spiro atoms. The number of sulfonamides is 1. The summed E-state index contributed by atoms with van der Waals surface area (Å²) in [6.07, 6.45) is 2.85. The first-order chi connectivity index (χ1) is 17.8. The van der Waals surface area contributed by atoms with Crippen LogP contribution in [-0.4, -0.2) is 35.5 Å². The SMILES string of the molecule is COc1cc(-c2ccccc2)c(Cl)c(F)c1-c1ncnc2cc(S(=O)(=O)Nc3ncc(F)cn3)ccc12. The summed E-state index contributed by atoms with van der Waals surface area (Å²) in [6.45, 7) is 0. The number of rotatable bonds is 6. The Morgan fingerprint density at radius 2 is 1.68 bits per heavy atom. The minimum atomic E-state index is -4.14. The Labute approximate surface area is 215 Å². The van der Waals surface area contributed by atoms with Crippen LogP contribution in [0.5, 0.6) is 5.75 Å². The van der Waals surface area contributed by atoms with Crippen molar-refractivity contribution in [1.82, 2.24) is 19.9 Å². The largest absolute Gasteiger partial charge is 0.496 e. The van der Waals surface area contributed by atoms with E-state index in [-0.39, 0.29) is 38.4 Å². The third-order valence-electron chi connectivity index (χ3n) is 5.48. The van der Waals surface area contributed by atoms with Gasteiger partial charge in [0.05, 0.1) is 46.2 Å². The van der Waals surface area contributed by atoms with Crippen molar-refractivity contribution in [2.45, 2.75) is 4.90 Å². The van der Waals surface area contributed by atoms with Gasteiger partial charge in [-0.2, -0.15) is 0 Å². The molecule has 0 unspecified atom stereocenters. The summed E-state index contributed by atoms with van der Waals surface area (Å²) in [5.74, 6) is -1.57. The Morgan fingerprint density at radius 3 is 2.38 bits per heavy atom. The van der Waals surface area contributed by atoms with Gasteiger partial charge in [0.2, 0.25) is 5.95 Å². The highest BCUT2D eigenvalue weighted by atomic mass is 35.5. The molecule has 1 N–H and O–H groups in total. The fourth-order valence-electron chi connectivity index (χ4n) is 3.76. The molecule has 0 fully saturated rings. The number of hydrogen-bond acceptors (Lipinski definition) is 7. The predicted molar refractivity (Wildman–Crippen MR) is 135 cm³/mol. The molecule has 0 aliphatic heterocycles. The van der Waals surface area contributed by atoms with Crippen LogP contribution in [0.15, 0.2) is 78.2 Å². The Hall–Kier alpha value is -4.22. The number of aromatic nitrogens is 4. The van der Waals surface area contributed by atoms with Gasteiger partial charge in [-0.05, 0) is 29.8 Å². The average Bonchev–Trinajstić information content (AvgIpc) is 2.91. The maximum atomic E-state index is 15.7. The molecular formula is C25H16ClF2N5O3S. The van der Waals surface area contributed by atoms with Crippen LogP contribution in [0.3, 0.4) is 0 Å². The number of hydrogen-bond donors (Lipinski definition) is 1. The van der Waals surface area contributed by atoms with E-state index in [1.165, 1.54) is 31.6 Å². The van der Waals surface area contributed by atoms with Crippen molar-refractivity contribution >= 4 is 38.5 Å². The quantitative estimate of drug-likeness (QED) is 0.304. The molecule has 37 heavy (non-hydrogen) atoms. The van der Waals surface area contributed by atoms with Crippen molar-refractivity contribution < 1.29 is 21.9 Å². The zero-order valence-electron chi connectivity index (χ0n) is 19.0. The molecule has 0 saturated heterocycles. The first-order valence-electron chi connectivity index (χ1n) is 10.7. The zero-order chi connectivity index (χ0) is 26.2. The number of ether oxygens (including phenoxy) is 1. The van der Waals surface area contributed by atoms with E-state index in [9.17, 15) is 12.8 Å². The summed E-state index contributed by atoms with van der Waals surface area (Å²) in [7, 11) is -2.74. The molecule has 0 aliphatic rings. The molecule has 0 amide bonds. The van der Waals surface area contributed by atoms with Crippen LogP contribution < -0.4 is 9.46 Å². The third-order valence-corrected chi connectivity index (χ3v) is 7.17. The summed E-state index contributed by atoms with van der Waals surface area (Å²) in [5, 5.41) is 0.247. The van der Waals surface area contributed by atoms with Gasteiger partial charge in [0.15, 0.2) is 11.6 Å². The zero-order valence-corrected chi connectivity index (χ0v) is 20.6. The molecule has 2 heterocycles. The lowest BCUT2D eigenvalue weighted by Crippen LogP contribution is -2.15. The van der Waals surface area contributed by atoms with Crippen LogP contribution in [0.25, 0.3) is 33.3 Å². The second-order valence-corrected chi connectivity index (χ2v) is 9.79. The predicted octanol–water partition coefficient (Wildman–Crippen LogP) is 5.49. The summed E-state index contributed by atoms with van der Waals surface area (Å²) >= 11 is 6.44. The normalized spacial score (nSPS) is 11.5. The lowest BCUT2D eigenvalue weighted by molar-refractivity contribution is 0.413. The van der Waals surface area contributed by atoms with E-state index in [2.05, 4.69) is 24.7 Å². The van der Waals surface area contributed by atoms with Gasteiger partial charge in [0, 0.05) is 10.9 Å². The minimum Gasteiger partial charge on any atom is -0.496 e. The number of benzene rings is 3. The van der Waals surface area contributed by atoms with Crippen molar-refractivity contribution in [3.05, 3.63) is 90.0 Å². The van der Waals surface area contributed by atoms with Gasteiger partial charge < -0.3 is 4.74 Å². The average molecular weight is 540 g/mol. The maximum absolute atomic E-state index is 15.7. The lowest BCUT2D eigenvalue weighted by atomic mass is 9.99. The number of nitrogens with one attached hydrogen (secondary N) is 1. The minimum absolute atomic E-state index is 0.00743. The van der Waals surface area contributed by atoms with Crippen molar-refractivity contribution in [3.8, 4) is 28.1 Å². The molecule has 0 aliphatic carbocycles. The van der Waals surface area contributed by atoms with Crippen molar-refractivity contribution in [1.29, 1.82) is 0 Å². The van der Waals surface area contributed by atoms with Crippen molar-refractivity contribution in [2.75, 3.05) is 11.8 Å². The molecule has 5 aromatic rings. The van der Waals surface area contributed by atoms with E-state index < -0.39 is 21.7 Å². The summed E-state index contributed by atoms with van der Waals surface area (Å²) in [5.41, 5.74) is 1.54. The van der Waals surface area contributed by atoms with Gasteiger partial charge >= 0.3 is 0 Å². The van der Waals surface area contributed by atoms with E-state index in [1.807, 2.05) is 18.2 Å². The third kappa shape index (κ3) is 4.66. The second-order valence-electron chi connectivity index (χ2n) is 7.73. The van der Waals surface area contributed by atoms with Gasteiger partial charge in [-0.1, -0.05) is 41.9 Å². The number of fused-ring (bicyclic) bond motifs is 1. The van der Waals surface area contributed by atoms with Crippen LogP contribution >= 0.6 is 11.6 Å². The fraction of sp³-hybridized carbons (Fsp3) is 0.0400. The number of nitrogens with zero attached hydrogens (tertiary/aromatic N) is 4. The molecule has 0 atom stereocenters. The van der Waals surface area contributed by atoms with E-state index >= 15 is 4.39 Å². The summed E-state index contributed by atoms with van der Waals surface area (Å²) in [6, 6.07) is 14.7. The van der Waals surface area contributed by atoms with Crippen LogP contribution in [0.1, 0.15) is 0 Å². The summed E-state index contributed by atoms with van der Waals surface area (Å²) in [4.78, 5) is 15.4. The van der Waals surface area contributed by atoms with E-state index in [4.69, 9.17) is 16.3 Å². The number of methoxy groups -OCH3 is 1. The highest BCUT2D eigenvalue weighted by Gasteiger charge is 2.24. The molecule has 8 nitrogen and oxygen atoms in total. The Kier molecular flexibility index (Phi) is 6.40. The maximum Gasteiger partial charge on any atom is 0.264 e. The van der Waals surface area contributed by atoms with Crippen molar-refractivity contribution in [2.24, 2.45) is 0 Å². The summed E-state index contributed by atoms with van der Waals surface area (Å²) < 4.78 is 62.1. The smallest absolute Gasteiger partial charge is 0.264 e. The van der Waals surface area contributed by atoms with E-state index in [0.29, 0.717) is 16.5 Å². The second kappa shape index (κ2) is 9.68. The van der Waals surface area contributed by atoms with Crippen LogP contribution in [-0.2, 0) is 10.0 Å². The van der Waals surface area contributed by atoms with E-state index in [1.54, 1.807) is 18.2 Å². The van der Waals surface area contributed by atoms with Crippen LogP contribution in [0, 0.1) is 11.6 Å². The first kappa shape index (κ1) is 24.5. The lowest BCUT2D eigenvalue weighted by Gasteiger charge is -2.16.